The Hall–Kier alpha value is -1.65. The lowest BCUT2D eigenvalue weighted by Gasteiger charge is -2.04. The van der Waals surface area contributed by atoms with Crippen molar-refractivity contribution < 1.29 is 5.21 Å². The third-order valence-corrected chi connectivity index (χ3v) is 3.88. The summed E-state index contributed by atoms with van der Waals surface area (Å²) in [6, 6.07) is 15.3. The first-order chi connectivity index (χ1) is 9.19. The van der Waals surface area contributed by atoms with E-state index in [0.717, 1.165) is 26.8 Å². The number of thioether (sulfide) groups is 1. The van der Waals surface area contributed by atoms with Gasteiger partial charge in [0.15, 0.2) is 5.84 Å². The molecule has 0 radical (unpaired) electrons. The van der Waals surface area contributed by atoms with E-state index in [0.29, 0.717) is 0 Å². The summed E-state index contributed by atoms with van der Waals surface area (Å²) in [4.78, 5) is 1.15. The van der Waals surface area contributed by atoms with Gasteiger partial charge in [-0.2, -0.15) is 0 Å². The molecule has 2 rings (SSSR count). The van der Waals surface area contributed by atoms with Crippen LogP contribution in [0.5, 0.6) is 0 Å². The molecular formula is C14H13ClN2OS. The molecule has 5 heteroatoms. The predicted octanol–water partition coefficient (Wildman–Crippen LogP) is 3.73. The summed E-state index contributed by atoms with van der Waals surface area (Å²) in [6.45, 7) is 0. The first-order valence-electron chi connectivity index (χ1n) is 5.64. The van der Waals surface area contributed by atoms with E-state index in [1.54, 1.807) is 11.8 Å². The van der Waals surface area contributed by atoms with Crippen molar-refractivity contribution in [3.8, 4) is 0 Å². The van der Waals surface area contributed by atoms with Crippen LogP contribution < -0.4 is 5.73 Å². The number of hydrogen-bond donors (Lipinski definition) is 2. The SMILES string of the molecule is N/C(=N\O)c1cccc(CSc2ccc(Cl)cc2)c1. The molecule has 0 saturated carbocycles. The largest absolute Gasteiger partial charge is 0.409 e. The Morgan fingerprint density at radius 2 is 1.95 bits per heavy atom. The minimum absolute atomic E-state index is 0.123. The van der Waals surface area contributed by atoms with E-state index in [1.807, 2.05) is 48.5 Å². The van der Waals surface area contributed by atoms with Gasteiger partial charge in [0, 0.05) is 21.2 Å². The summed E-state index contributed by atoms with van der Waals surface area (Å²) in [5, 5.41) is 12.4. The Morgan fingerprint density at radius 1 is 1.21 bits per heavy atom. The van der Waals surface area contributed by atoms with Crippen LogP contribution in [0.1, 0.15) is 11.1 Å². The van der Waals surface area contributed by atoms with Crippen molar-refractivity contribution in [2.75, 3.05) is 0 Å². The quantitative estimate of drug-likeness (QED) is 0.297. The second kappa shape index (κ2) is 6.50. The zero-order chi connectivity index (χ0) is 13.7. The Morgan fingerprint density at radius 3 is 2.63 bits per heavy atom. The summed E-state index contributed by atoms with van der Waals surface area (Å²) >= 11 is 7.55. The molecule has 0 aliphatic carbocycles. The highest BCUT2D eigenvalue weighted by Crippen LogP contribution is 2.24. The van der Waals surface area contributed by atoms with Crippen LogP contribution in [-0.4, -0.2) is 11.0 Å². The topological polar surface area (TPSA) is 58.6 Å². The zero-order valence-electron chi connectivity index (χ0n) is 10.1. The summed E-state index contributed by atoms with van der Waals surface area (Å²) in [7, 11) is 0. The summed E-state index contributed by atoms with van der Waals surface area (Å²) < 4.78 is 0. The van der Waals surface area contributed by atoms with Gasteiger partial charge in [-0.3, -0.25) is 0 Å². The molecule has 0 amide bonds. The second-order valence-corrected chi connectivity index (χ2v) is 5.41. The first kappa shape index (κ1) is 13.8. The standard InChI is InChI=1S/C14H13ClN2OS/c15-12-4-6-13(7-5-12)19-9-10-2-1-3-11(8-10)14(16)17-18/h1-8,18H,9H2,(H2,16,17). The van der Waals surface area contributed by atoms with Gasteiger partial charge < -0.3 is 10.9 Å². The molecule has 0 aliphatic heterocycles. The molecule has 2 aromatic rings. The van der Waals surface area contributed by atoms with Crippen LogP contribution in [0.25, 0.3) is 0 Å². The maximum absolute atomic E-state index is 8.66. The molecule has 0 saturated heterocycles. The lowest BCUT2D eigenvalue weighted by molar-refractivity contribution is 0.318. The van der Waals surface area contributed by atoms with E-state index in [-0.39, 0.29) is 5.84 Å². The van der Waals surface area contributed by atoms with Crippen LogP contribution in [0.15, 0.2) is 58.6 Å². The molecular weight excluding hydrogens is 280 g/mol. The number of amidine groups is 1. The van der Waals surface area contributed by atoms with Gasteiger partial charge in [-0.25, -0.2) is 0 Å². The second-order valence-electron chi connectivity index (χ2n) is 3.93. The molecule has 0 fully saturated rings. The fourth-order valence-electron chi connectivity index (χ4n) is 1.58. The maximum atomic E-state index is 8.66. The highest BCUT2D eigenvalue weighted by Gasteiger charge is 2.01. The summed E-state index contributed by atoms with van der Waals surface area (Å²) in [5.74, 6) is 0.937. The third kappa shape index (κ3) is 3.91. The van der Waals surface area contributed by atoms with Crippen LogP contribution in [-0.2, 0) is 5.75 Å². The maximum Gasteiger partial charge on any atom is 0.170 e. The van der Waals surface area contributed by atoms with Crippen LogP contribution in [0, 0.1) is 0 Å². The number of nitrogens with zero attached hydrogens (tertiary/aromatic N) is 1. The number of nitrogens with two attached hydrogens (primary N) is 1. The van der Waals surface area contributed by atoms with E-state index < -0.39 is 0 Å². The van der Waals surface area contributed by atoms with Gasteiger partial charge in [-0.05, 0) is 35.9 Å². The highest BCUT2D eigenvalue weighted by atomic mass is 35.5. The number of halogens is 1. The van der Waals surface area contributed by atoms with E-state index in [2.05, 4.69) is 5.16 Å². The number of hydrogen-bond acceptors (Lipinski definition) is 3. The van der Waals surface area contributed by atoms with Gasteiger partial charge in [-0.15, -0.1) is 11.8 Å². The molecule has 0 spiro atoms. The molecule has 3 nitrogen and oxygen atoms in total. The van der Waals surface area contributed by atoms with E-state index in [9.17, 15) is 0 Å². The lowest BCUT2D eigenvalue weighted by Crippen LogP contribution is -2.13. The molecule has 2 aromatic carbocycles. The molecule has 3 N–H and O–H groups in total. The zero-order valence-corrected chi connectivity index (χ0v) is 11.7. The smallest absolute Gasteiger partial charge is 0.170 e. The Balaban J connectivity index is 2.05. The van der Waals surface area contributed by atoms with Crippen LogP contribution >= 0.6 is 23.4 Å². The van der Waals surface area contributed by atoms with Gasteiger partial charge in [0.2, 0.25) is 0 Å². The van der Waals surface area contributed by atoms with Crippen molar-refractivity contribution in [3.63, 3.8) is 0 Å². The van der Waals surface area contributed by atoms with E-state index in [4.69, 9.17) is 22.5 Å². The summed E-state index contributed by atoms with van der Waals surface area (Å²) in [6.07, 6.45) is 0. The highest BCUT2D eigenvalue weighted by molar-refractivity contribution is 7.98. The first-order valence-corrected chi connectivity index (χ1v) is 7.00. The van der Waals surface area contributed by atoms with Crippen molar-refractivity contribution >= 4 is 29.2 Å². The van der Waals surface area contributed by atoms with Gasteiger partial charge >= 0.3 is 0 Å². The van der Waals surface area contributed by atoms with Crippen molar-refractivity contribution in [2.24, 2.45) is 10.9 Å². The van der Waals surface area contributed by atoms with Crippen molar-refractivity contribution in [3.05, 3.63) is 64.7 Å². The minimum Gasteiger partial charge on any atom is -0.409 e. The Labute approximate surface area is 121 Å². The van der Waals surface area contributed by atoms with Crippen LogP contribution in [0.2, 0.25) is 5.02 Å². The molecule has 0 atom stereocenters. The van der Waals surface area contributed by atoms with Crippen molar-refractivity contribution in [1.29, 1.82) is 0 Å². The van der Waals surface area contributed by atoms with Crippen LogP contribution in [0.4, 0.5) is 0 Å². The molecule has 0 heterocycles. The minimum atomic E-state index is 0.123. The molecule has 19 heavy (non-hydrogen) atoms. The van der Waals surface area contributed by atoms with E-state index in [1.165, 1.54) is 0 Å². The molecule has 0 aromatic heterocycles. The average Bonchev–Trinajstić information content (AvgIpc) is 2.46. The Kier molecular flexibility index (Phi) is 4.71. The fraction of sp³-hybridized carbons (Fsp3) is 0.0714. The molecule has 0 unspecified atom stereocenters. The molecule has 0 bridgehead atoms. The monoisotopic (exact) mass is 292 g/mol. The van der Waals surface area contributed by atoms with Crippen molar-refractivity contribution in [2.45, 2.75) is 10.6 Å². The summed E-state index contributed by atoms with van der Waals surface area (Å²) in [5.41, 5.74) is 7.40. The predicted molar refractivity (Wildman–Crippen MR) is 80.0 cm³/mol. The third-order valence-electron chi connectivity index (χ3n) is 2.55. The van der Waals surface area contributed by atoms with Gasteiger partial charge in [-0.1, -0.05) is 35.0 Å². The van der Waals surface area contributed by atoms with Crippen LogP contribution in [0.3, 0.4) is 0 Å². The normalized spacial score (nSPS) is 11.5. The van der Waals surface area contributed by atoms with Gasteiger partial charge in [0.1, 0.15) is 0 Å². The fourth-order valence-corrected chi connectivity index (χ4v) is 2.54. The van der Waals surface area contributed by atoms with Gasteiger partial charge in [0.05, 0.1) is 0 Å². The number of benzene rings is 2. The average molecular weight is 293 g/mol. The van der Waals surface area contributed by atoms with E-state index >= 15 is 0 Å². The molecule has 0 aliphatic rings. The number of rotatable bonds is 4. The molecule has 98 valence electrons. The number of oxime groups is 1. The van der Waals surface area contributed by atoms with Gasteiger partial charge in [0.25, 0.3) is 0 Å². The Bertz CT molecular complexity index is 584. The lowest BCUT2D eigenvalue weighted by atomic mass is 10.1. The van der Waals surface area contributed by atoms with Crippen molar-refractivity contribution in [1.82, 2.24) is 0 Å².